The predicted octanol–water partition coefficient (Wildman–Crippen LogP) is 4.44. The molecule has 0 heterocycles. The first-order valence-electron chi connectivity index (χ1n) is 10.6. The molecule has 0 bridgehead atoms. The van der Waals surface area contributed by atoms with Crippen molar-refractivity contribution in [3.63, 3.8) is 0 Å². The number of carbonyl (C=O) groups excluding carboxylic acids is 2. The second-order valence-corrected chi connectivity index (χ2v) is 8.06. The number of carbonyl (C=O) groups is 2. The average Bonchev–Trinajstić information content (AvgIpc) is 2.67. The van der Waals surface area contributed by atoms with Crippen LogP contribution < -0.4 is 10.1 Å². The largest absolute Gasteiger partial charge is 0.494 e. The second kappa shape index (κ2) is 14.8. The lowest BCUT2D eigenvalue weighted by Gasteiger charge is -2.22. The monoisotopic (exact) mass is 423 g/mol. The van der Waals surface area contributed by atoms with Gasteiger partial charge in [0.15, 0.2) is 0 Å². The molecule has 1 rings (SSSR count). The van der Waals surface area contributed by atoms with Gasteiger partial charge in [0.25, 0.3) is 0 Å². The molecule has 7 heteroatoms. The maximum Gasteiger partial charge on any atom is 0.408 e. The van der Waals surface area contributed by atoms with Crippen molar-refractivity contribution in [2.24, 2.45) is 0 Å². The van der Waals surface area contributed by atoms with Gasteiger partial charge in [0, 0.05) is 19.8 Å². The summed E-state index contributed by atoms with van der Waals surface area (Å²) in [6.07, 6.45) is 4.07. The lowest BCUT2D eigenvalue weighted by atomic mass is 10.1. The van der Waals surface area contributed by atoms with E-state index >= 15 is 0 Å². The Hall–Kier alpha value is -2.12. The fourth-order valence-electron chi connectivity index (χ4n) is 2.61. The Labute approximate surface area is 180 Å². The van der Waals surface area contributed by atoms with Crippen molar-refractivity contribution in [1.82, 2.24) is 5.32 Å². The molecule has 0 aliphatic carbocycles. The van der Waals surface area contributed by atoms with E-state index in [1.165, 1.54) is 0 Å². The maximum absolute atomic E-state index is 11.9. The molecule has 0 saturated carbocycles. The number of amides is 1. The Morgan fingerprint density at radius 3 is 2.47 bits per heavy atom. The molecule has 1 N–H and O–H groups in total. The van der Waals surface area contributed by atoms with E-state index < -0.39 is 11.7 Å². The first-order chi connectivity index (χ1) is 14.3. The summed E-state index contributed by atoms with van der Waals surface area (Å²) in [6, 6.07) is 7.56. The van der Waals surface area contributed by atoms with E-state index in [0.29, 0.717) is 19.8 Å². The number of benzene rings is 1. The van der Waals surface area contributed by atoms with Gasteiger partial charge in [-0.15, -0.1) is 0 Å². The van der Waals surface area contributed by atoms with Gasteiger partial charge in [-0.2, -0.15) is 0 Å². The average molecular weight is 424 g/mol. The molecule has 0 saturated heterocycles. The van der Waals surface area contributed by atoms with Crippen LogP contribution in [0.1, 0.15) is 65.0 Å². The lowest BCUT2D eigenvalue weighted by Crippen LogP contribution is -2.34. The zero-order chi connectivity index (χ0) is 22.2. The van der Waals surface area contributed by atoms with Crippen LogP contribution in [0.4, 0.5) is 4.79 Å². The Morgan fingerprint density at radius 1 is 1.03 bits per heavy atom. The molecule has 0 unspecified atom stereocenters. The van der Waals surface area contributed by atoms with Gasteiger partial charge in [-0.3, -0.25) is 0 Å². The van der Waals surface area contributed by atoms with E-state index in [1.54, 1.807) is 0 Å². The van der Waals surface area contributed by atoms with Crippen LogP contribution in [0.3, 0.4) is 0 Å². The molecule has 170 valence electrons. The summed E-state index contributed by atoms with van der Waals surface area (Å²) in [4.78, 5) is 22.0. The third kappa shape index (κ3) is 13.2. The van der Waals surface area contributed by atoms with Crippen LogP contribution in [-0.2, 0) is 19.0 Å². The zero-order valence-electron chi connectivity index (χ0n) is 18.8. The van der Waals surface area contributed by atoms with Gasteiger partial charge in [-0.05, 0) is 71.1 Å². The number of alkyl carbamates (subject to hydrolysis) is 1. The highest BCUT2D eigenvalue weighted by Gasteiger charge is 2.18. The molecule has 1 aromatic rings. The van der Waals surface area contributed by atoms with Gasteiger partial charge in [0.2, 0.25) is 0 Å². The Kier molecular flexibility index (Phi) is 12.8. The lowest BCUT2D eigenvalue weighted by molar-refractivity contribution is -0.112. The summed E-state index contributed by atoms with van der Waals surface area (Å²) >= 11 is 0. The van der Waals surface area contributed by atoms with Crippen molar-refractivity contribution in [2.75, 3.05) is 33.0 Å². The second-order valence-electron chi connectivity index (χ2n) is 8.06. The maximum atomic E-state index is 11.9. The van der Waals surface area contributed by atoms with Gasteiger partial charge in [-0.1, -0.05) is 12.1 Å². The van der Waals surface area contributed by atoms with E-state index in [9.17, 15) is 9.59 Å². The highest BCUT2D eigenvalue weighted by molar-refractivity contribution is 5.68. The van der Waals surface area contributed by atoms with Crippen molar-refractivity contribution in [3.8, 4) is 5.75 Å². The van der Waals surface area contributed by atoms with Crippen LogP contribution in [0, 0.1) is 0 Å². The van der Waals surface area contributed by atoms with Crippen LogP contribution in [0.2, 0.25) is 0 Å². The van der Waals surface area contributed by atoms with Crippen LogP contribution in [0.5, 0.6) is 5.75 Å². The topological polar surface area (TPSA) is 83.1 Å². The fourth-order valence-corrected chi connectivity index (χ4v) is 2.61. The number of unbranched alkanes of at least 4 members (excludes halogenated alkanes) is 2. The van der Waals surface area contributed by atoms with Gasteiger partial charge < -0.3 is 29.1 Å². The number of hydrogen-bond acceptors (Lipinski definition) is 6. The summed E-state index contributed by atoms with van der Waals surface area (Å²) in [5.41, 5.74) is 0.439. The molecule has 7 nitrogen and oxygen atoms in total. The van der Waals surface area contributed by atoms with Crippen LogP contribution >= 0.6 is 0 Å². The van der Waals surface area contributed by atoms with Crippen molar-refractivity contribution in [3.05, 3.63) is 29.8 Å². The number of ether oxygens (including phenoxy) is 4. The molecule has 0 aliphatic heterocycles. The van der Waals surface area contributed by atoms with E-state index in [1.807, 2.05) is 52.0 Å². The standard InChI is InChI=1S/C23H37NO6/c1-19(24-22(26)30-23(2,3)4)20-10-8-11-21(18-20)29-16-7-5-6-13-27-14-9-15-28-17-12-25/h8,10-12,18-19H,5-7,9,13-17H2,1-4H3,(H,24,26)/t19-/m1/s1. The molecule has 0 aromatic heterocycles. The van der Waals surface area contributed by atoms with Crippen LogP contribution in [-0.4, -0.2) is 51.0 Å². The Bertz CT molecular complexity index is 614. The van der Waals surface area contributed by atoms with E-state index in [-0.39, 0.29) is 12.6 Å². The quantitative estimate of drug-likeness (QED) is 0.332. The van der Waals surface area contributed by atoms with Crippen LogP contribution in [0.15, 0.2) is 24.3 Å². The normalized spacial score (nSPS) is 12.3. The molecule has 30 heavy (non-hydrogen) atoms. The minimum Gasteiger partial charge on any atom is -0.494 e. The number of nitrogens with one attached hydrogen (secondary N) is 1. The first-order valence-corrected chi connectivity index (χ1v) is 10.6. The van der Waals surface area contributed by atoms with Gasteiger partial charge >= 0.3 is 6.09 Å². The third-order valence-electron chi connectivity index (χ3n) is 4.06. The Morgan fingerprint density at radius 2 is 1.73 bits per heavy atom. The highest BCUT2D eigenvalue weighted by Crippen LogP contribution is 2.20. The SMILES string of the molecule is C[C@@H](NC(=O)OC(C)(C)C)c1cccc(OCCCCCOCCCOCC=O)c1. The van der Waals surface area contributed by atoms with Gasteiger partial charge in [0.05, 0.1) is 12.6 Å². The third-order valence-corrected chi connectivity index (χ3v) is 4.06. The molecule has 1 aromatic carbocycles. The van der Waals surface area contributed by atoms with Crippen molar-refractivity contribution >= 4 is 12.4 Å². The molecule has 1 amide bonds. The van der Waals surface area contributed by atoms with E-state index in [2.05, 4.69) is 5.32 Å². The van der Waals surface area contributed by atoms with Gasteiger partial charge in [-0.25, -0.2) is 4.79 Å². The highest BCUT2D eigenvalue weighted by atomic mass is 16.6. The van der Waals surface area contributed by atoms with Crippen molar-refractivity contribution in [1.29, 1.82) is 0 Å². The molecule has 0 aliphatic rings. The van der Waals surface area contributed by atoms with E-state index in [0.717, 1.165) is 49.9 Å². The minimum atomic E-state index is -0.523. The smallest absolute Gasteiger partial charge is 0.408 e. The minimum absolute atomic E-state index is 0.155. The molecular formula is C23H37NO6. The molecule has 0 spiro atoms. The summed E-state index contributed by atoms with van der Waals surface area (Å²) in [5.74, 6) is 0.789. The van der Waals surface area contributed by atoms with Crippen LogP contribution in [0.25, 0.3) is 0 Å². The van der Waals surface area contributed by atoms with E-state index in [4.69, 9.17) is 18.9 Å². The molecule has 0 radical (unpaired) electrons. The number of hydrogen-bond donors (Lipinski definition) is 1. The molecule has 1 atom stereocenters. The predicted molar refractivity (Wildman–Crippen MR) is 116 cm³/mol. The summed E-state index contributed by atoms with van der Waals surface area (Å²) in [7, 11) is 0. The van der Waals surface area contributed by atoms with Crippen molar-refractivity contribution < 1.29 is 28.5 Å². The summed E-state index contributed by atoms with van der Waals surface area (Å²) in [6.45, 7) is 10.1. The molecular weight excluding hydrogens is 386 g/mol. The molecule has 0 fully saturated rings. The zero-order valence-corrected chi connectivity index (χ0v) is 18.8. The Balaban J connectivity index is 2.17. The van der Waals surface area contributed by atoms with Gasteiger partial charge in [0.1, 0.15) is 24.2 Å². The summed E-state index contributed by atoms with van der Waals surface area (Å²) in [5, 5.41) is 2.84. The fraction of sp³-hybridized carbons (Fsp3) is 0.652. The summed E-state index contributed by atoms with van der Waals surface area (Å²) < 4.78 is 21.7. The van der Waals surface area contributed by atoms with Crippen molar-refractivity contribution in [2.45, 2.75) is 65.0 Å². The number of rotatable bonds is 15. The number of aldehydes is 1. The first kappa shape index (κ1) is 25.9.